The Labute approximate surface area is 182 Å². The van der Waals surface area contributed by atoms with Gasteiger partial charge in [-0.25, -0.2) is 0 Å². The molecule has 2 aromatic rings. The van der Waals surface area contributed by atoms with Gasteiger partial charge in [0.25, 0.3) is 11.5 Å². The van der Waals surface area contributed by atoms with Gasteiger partial charge in [0.1, 0.15) is 5.56 Å². The lowest BCUT2D eigenvalue weighted by Gasteiger charge is -2.33. The van der Waals surface area contributed by atoms with E-state index in [0.717, 1.165) is 5.56 Å². The number of hydrogen-bond acceptors (Lipinski definition) is 5. The van der Waals surface area contributed by atoms with Crippen molar-refractivity contribution in [2.45, 2.75) is 38.8 Å². The van der Waals surface area contributed by atoms with Gasteiger partial charge < -0.3 is 23.7 Å². The topological polar surface area (TPSA) is 70.0 Å². The minimum atomic E-state index is -0.236. The molecule has 7 nitrogen and oxygen atoms in total. The molecule has 2 fully saturated rings. The van der Waals surface area contributed by atoms with Crippen molar-refractivity contribution in [2.24, 2.45) is 5.92 Å². The number of carbonyl (C=O) groups is 1. The molecule has 1 atom stereocenters. The molecule has 7 heteroatoms. The molecule has 1 aromatic carbocycles. The summed E-state index contributed by atoms with van der Waals surface area (Å²) in [6, 6.07) is 7.58. The number of aromatic nitrogens is 1. The molecule has 166 valence electrons. The Hall–Kier alpha value is -2.80. The van der Waals surface area contributed by atoms with Crippen LogP contribution in [0.1, 0.15) is 34.3 Å². The molecule has 0 bridgehead atoms. The predicted octanol–water partition coefficient (Wildman–Crippen LogP) is 2.67. The van der Waals surface area contributed by atoms with Crippen molar-refractivity contribution in [2.75, 3.05) is 33.9 Å². The maximum Gasteiger partial charge on any atom is 0.263 e. The lowest BCUT2D eigenvalue weighted by molar-refractivity contribution is -0.0314. The number of aryl methyl sites for hydroxylation is 3. The number of rotatable bonds is 7. The lowest BCUT2D eigenvalue weighted by Crippen LogP contribution is -2.48. The molecule has 1 saturated heterocycles. The van der Waals surface area contributed by atoms with Crippen LogP contribution >= 0.6 is 0 Å². The SMILES string of the molecule is COc1ccc(CCn2ccc(C)c(C(=O)N3CCOC(C4CC4)C3)c2=O)cc1OC. The first-order chi connectivity index (χ1) is 15.0. The summed E-state index contributed by atoms with van der Waals surface area (Å²) in [7, 11) is 3.20. The maximum absolute atomic E-state index is 13.2. The fraction of sp³-hybridized carbons (Fsp3) is 0.500. The maximum atomic E-state index is 13.2. The second-order valence-corrected chi connectivity index (χ2v) is 8.31. The highest BCUT2D eigenvalue weighted by molar-refractivity contribution is 5.95. The zero-order valence-electron chi connectivity index (χ0n) is 18.4. The van der Waals surface area contributed by atoms with Gasteiger partial charge in [-0.05, 0) is 61.4 Å². The number of benzene rings is 1. The molecular weight excluding hydrogens is 396 g/mol. The molecule has 1 unspecified atom stereocenters. The van der Waals surface area contributed by atoms with Gasteiger partial charge in [-0.2, -0.15) is 0 Å². The molecule has 0 N–H and O–H groups in total. The molecule has 4 rings (SSSR count). The minimum Gasteiger partial charge on any atom is -0.493 e. The van der Waals surface area contributed by atoms with Gasteiger partial charge in [0.15, 0.2) is 11.5 Å². The zero-order chi connectivity index (χ0) is 22.0. The first-order valence-corrected chi connectivity index (χ1v) is 10.8. The summed E-state index contributed by atoms with van der Waals surface area (Å²) < 4.78 is 18.1. The van der Waals surface area contributed by atoms with Crippen LogP contribution in [0.25, 0.3) is 0 Å². The van der Waals surface area contributed by atoms with Crippen molar-refractivity contribution in [3.8, 4) is 11.5 Å². The van der Waals surface area contributed by atoms with Crippen LogP contribution < -0.4 is 15.0 Å². The van der Waals surface area contributed by atoms with E-state index >= 15 is 0 Å². The number of nitrogens with zero attached hydrogens (tertiary/aromatic N) is 2. The summed E-state index contributed by atoms with van der Waals surface area (Å²) in [6.07, 6.45) is 4.84. The Morgan fingerprint density at radius 1 is 1.16 bits per heavy atom. The Bertz CT molecular complexity index is 1010. The van der Waals surface area contributed by atoms with Crippen molar-refractivity contribution < 1.29 is 19.0 Å². The molecule has 1 aliphatic carbocycles. The predicted molar refractivity (Wildman–Crippen MR) is 117 cm³/mol. The fourth-order valence-electron chi connectivity index (χ4n) is 4.16. The second kappa shape index (κ2) is 9.14. The number of hydrogen-bond donors (Lipinski definition) is 0. The third-order valence-corrected chi connectivity index (χ3v) is 6.21. The first-order valence-electron chi connectivity index (χ1n) is 10.8. The Balaban J connectivity index is 1.51. The largest absolute Gasteiger partial charge is 0.493 e. The third-order valence-electron chi connectivity index (χ3n) is 6.21. The summed E-state index contributed by atoms with van der Waals surface area (Å²) >= 11 is 0. The van der Waals surface area contributed by atoms with Crippen LogP contribution in [0.4, 0.5) is 0 Å². The van der Waals surface area contributed by atoms with Crippen LogP contribution in [0.5, 0.6) is 11.5 Å². The van der Waals surface area contributed by atoms with Crippen molar-refractivity contribution in [3.63, 3.8) is 0 Å². The van der Waals surface area contributed by atoms with E-state index in [1.165, 1.54) is 12.8 Å². The molecular formula is C24H30N2O5. The quantitative estimate of drug-likeness (QED) is 0.681. The highest BCUT2D eigenvalue weighted by Gasteiger charge is 2.37. The van der Waals surface area contributed by atoms with E-state index in [1.807, 2.05) is 31.2 Å². The minimum absolute atomic E-state index is 0.106. The summed E-state index contributed by atoms with van der Waals surface area (Å²) in [5, 5.41) is 0. The van der Waals surface area contributed by atoms with E-state index in [2.05, 4.69) is 0 Å². The lowest BCUT2D eigenvalue weighted by atomic mass is 10.1. The molecule has 1 aromatic heterocycles. The number of methoxy groups -OCH3 is 2. The Morgan fingerprint density at radius 3 is 2.65 bits per heavy atom. The molecule has 31 heavy (non-hydrogen) atoms. The molecule has 1 saturated carbocycles. The standard InChI is InChI=1S/C24H30N2O5/c1-16-8-10-25(11-9-17-4-7-19(29-2)20(14-17)30-3)23(27)22(16)24(28)26-12-13-31-21(15-26)18-5-6-18/h4,7-8,10,14,18,21H,5-6,9,11-13,15H2,1-3H3. The van der Waals surface area contributed by atoms with Gasteiger partial charge in [0.05, 0.1) is 26.9 Å². The summed E-state index contributed by atoms with van der Waals surface area (Å²) in [5.74, 6) is 1.70. The molecule has 2 aliphatic rings. The summed E-state index contributed by atoms with van der Waals surface area (Å²) in [6.45, 7) is 3.94. The third kappa shape index (κ3) is 4.61. The molecule has 0 spiro atoms. The van der Waals surface area contributed by atoms with Crippen LogP contribution in [-0.2, 0) is 17.7 Å². The second-order valence-electron chi connectivity index (χ2n) is 8.31. The first kappa shape index (κ1) is 21.4. The van der Waals surface area contributed by atoms with Gasteiger partial charge >= 0.3 is 0 Å². The normalized spacial score (nSPS) is 18.7. The Kier molecular flexibility index (Phi) is 6.32. The fourth-order valence-corrected chi connectivity index (χ4v) is 4.16. The van der Waals surface area contributed by atoms with Gasteiger partial charge in [-0.3, -0.25) is 9.59 Å². The Morgan fingerprint density at radius 2 is 1.94 bits per heavy atom. The van der Waals surface area contributed by atoms with Crippen molar-refractivity contribution in [1.29, 1.82) is 0 Å². The highest BCUT2D eigenvalue weighted by Crippen LogP contribution is 2.35. The van der Waals surface area contributed by atoms with Crippen LogP contribution in [-0.4, -0.2) is 55.4 Å². The van der Waals surface area contributed by atoms with Gasteiger partial charge in [0.2, 0.25) is 0 Å². The molecule has 1 aliphatic heterocycles. The summed E-state index contributed by atoms with van der Waals surface area (Å²) in [5.41, 5.74) is 1.77. The van der Waals surface area contributed by atoms with E-state index in [0.29, 0.717) is 55.6 Å². The number of morpholine rings is 1. The van der Waals surface area contributed by atoms with Gasteiger partial charge in [-0.15, -0.1) is 0 Å². The zero-order valence-corrected chi connectivity index (χ0v) is 18.4. The molecule has 0 radical (unpaired) electrons. The van der Waals surface area contributed by atoms with E-state index in [1.54, 1.807) is 29.9 Å². The highest BCUT2D eigenvalue weighted by atomic mass is 16.5. The van der Waals surface area contributed by atoms with Gasteiger partial charge in [-0.1, -0.05) is 6.07 Å². The van der Waals surface area contributed by atoms with E-state index < -0.39 is 0 Å². The van der Waals surface area contributed by atoms with Crippen molar-refractivity contribution in [1.82, 2.24) is 9.47 Å². The van der Waals surface area contributed by atoms with E-state index in [9.17, 15) is 9.59 Å². The van der Waals surface area contributed by atoms with Crippen molar-refractivity contribution in [3.05, 3.63) is 57.5 Å². The smallest absolute Gasteiger partial charge is 0.263 e. The number of pyridine rings is 1. The average molecular weight is 427 g/mol. The number of ether oxygens (including phenoxy) is 3. The average Bonchev–Trinajstić information content (AvgIpc) is 3.64. The monoisotopic (exact) mass is 426 g/mol. The van der Waals surface area contributed by atoms with Gasteiger partial charge in [0, 0.05) is 25.8 Å². The van der Waals surface area contributed by atoms with Crippen LogP contribution in [0.2, 0.25) is 0 Å². The number of carbonyl (C=O) groups excluding carboxylic acids is 1. The van der Waals surface area contributed by atoms with E-state index in [4.69, 9.17) is 14.2 Å². The molecule has 1 amide bonds. The summed E-state index contributed by atoms with van der Waals surface area (Å²) in [4.78, 5) is 28.2. The van der Waals surface area contributed by atoms with Crippen LogP contribution in [0, 0.1) is 12.8 Å². The number of amides is 1. The van der Waals surface area contributed by atoms with Crippen molar-refractivity contribution >= 4 is 5.91 Å². The van der Waals surface area contributed by atoms with Crippen LogP contribution in [0.3, 0.4) is 0 Å². The van der Waals surface area contributed by atoms with Crippen LogP contribution in [0.15, 0.2) is 35.3 Å². The van der Waals surface area contributed by atoms with E-state index in [-0.39, 0.29) is 23.1 Å². The molecule has 2 heterocycles.